The summed E-state index contributed by atoms with van der Waals surface area (Å²) in [7, 11) is 0. The highest BCUT2D eigenvalue weighted by molar-refractivity contribution is 5.81. The molecule has 0 aromatic heterocycles. The summed E-state index contributed by atoms with van der Waals surface area (Å²) in [6.07, 6.45) is 3.99. The van der Waals surface area contributed by atoms with Gasteiger partial charge in [0.2, 0.25) is 0 Å². The molecule has 2 nitrogen and oxygen atoms in total. The van der Waals surface area contributed by atoms with E-state index in [0.29, 0.717) is 0 Å². The van der Waals surface area contributed by atoms with Crippen LogP contribution in [0.4, 0.5) is 0 Å². The van der Waals surface area contributed by atoms with Crippen LogP contribution >= 0.6 is 0 Å². The molecule has 0 aliphatic heterocycles. The molecule has 2 aliphatic carbocycles. The van der Waals surface area contributed by atoms with Crippen molar-refractivity contribution >= 4 is 12.2 Å². The van der Waals surface area contributed by atoms with Crippen LogP contribution in [0, 0.1) is 0 Å². The molecule has 2 aromatic rings. The van der Waals surface area contributed by atoms with Gasteiger partial charge in [-0.15, -0.1) is 0 Å². The van der Waals surface area contributed by atoms with E-state index in [0.717, 1.165) is 33.4 Å². The predicted molar refractivity (Wildman–Crippen MR) is 88.0 cm³/mol. The van der Waals surface area contributed by atoms with Gasteiger partial charge < -0.3 is 10.2 Å². The van der Waals surface area contributed by atoms with Crippen LogP contribution in [0.15, 0.2) is 59.7 Å². The maximum atomic E-state index is 11.2. The van der Waals surface area contributed by atoms with Crippen molar-refractivity contribution in [3.63, 3.8) is 0 Å². The van der Waals surface area contributed by atoms with Crippen LogP contribution in [0.1, 0.15) is 36.1 Å². The molecule has 2 aromatic carbocycles. The molecule has 0 amide bonds. The zero-order valence-electron chi connectivity index (χ0n) is 12.7. The second-order valence-electron chi connectivity index (χ2n) is 6.43. The molecular formula is C20H18O2. The lowest BCUT2D eigenvalue weighted by molar-refractivity contribution is 0.0674. The van der Waals surface area contributed by atoms with E-state index in [1.165, 1.54) is 0 Å². The fourth-order valence-corrected chi connectivity index (χ4v) is 3.69. The van der Waals surface area contributed by atoms with Gasteiger partial charge in [-0.05, 0) is 59.4 Å². The first kappa shape index (κ1) is 13.5. The van der Waals surface area contributed by atoms with Crippen LogP contribution in [0.5, 0.6) is 0 Å². The third-order valence-electron chi connectivity index (χ3n) is 4.91. The lowest BCUT2D eigenvalue weighted by atomic mass is 9.66. The Labute approximate surface area is 130 Å². The Morgan fingerprint density at radius 3 is 1.41 bits per heavy atom. The summed E-state index contributed by atoms with van der Waals surface area (Å²) in [5, 5.41) is 22.3. The van der Waals surface area contributed by atoms with E-state index in [1.807, 2.05) is 60.7 Å². The Bertz CT molecular complexity index is 767. The molecule has 0 heterocycles. The minimum Gasteiger partial charge on any atom is -0.381 e. The Hall–Kier alpha value is -2.16. The van der Waals surface area contributed by atoms with Crippen LogP contribution in [-0.2, 0) is 11.2 Å². The summed E-state index contributed by atoms with van der Waals surface area (Å²) in [6.45, 7) is 3.60. The molecule has 2 heteroatoms. The van der Waals surface area contributed by atoms with E-state index in [9.17, 15) is 10.2 Å². The minimum absolute atomic E-state index is 0.773. The Kier molecular flexibility index (Phi) is 2.57. The number of hydrogen-bond donors (Lipinski definition) is 2. The van der Waals surface area contributed by atoms with Crippen molar-refractivity contribution in [2.45, 2.75) is 25.0 Å². The molecule has 0 bridgehead atoms. The average Bonchev–Trinajstić information content (AvgIpc) is 2.49. The lowest BCUT2D eigenvalue weighted by Gasteiger charge is -2.42. The summed E-state index contributed by atoms with van der Waals surface area (Å²) in [5.41, 5.74) is 2.99. The van der Waals surface area contributed by atoms with Gasteiger partial charge >= 0.3 is 0 Å². The molecule has 0 radical (unpaired) electrons. The van der Waals surface area contributed by atoms with Gasteiger partial charge in [0.25, 0.3) is 0 Å². The van der Waals surface area contributed by atoms with Gasteiger partial charge in [0.05, 0.1) is 0 Å². The number of benzene rings is 2. The molecule has 0 saturated carbocycles. The monoisotopic (exact) mass is 290 g/mol. The third kappa shape index (κ3) is 1.62. The summed E-state index contributed by atoms with van der Waals surface area (Å²) in [6, 6.07) is 15.6. The van der Waals surface area contributed by atoms with E-state index in [1.54, 1.807) is 13.8 Å². The zero-order valence-corrected chi connectivity index (χ0v) is 12.7. The van der Waals surface area contributed by atoms with Crippen molar-refractivity contribution in [3.05, 3.63) is 81.9 Å². The van der Waals surface area contributed by atoms with Gasteiger partial charge in [0.15, 0.2) is 0 Å². The molecule has 4 rings (SSSR count). The number of fused-ring (bicyclic) bond motifs is 3. The summed E-state index contributed by atoms with van der Waals surface area (Å²) >= 11 is 0. The maximum absolute atomic E-state index is 11.2. The smallest absolute Gasteiger partial charge is 0.113 e. The van der Waals surface area contributed by atoms with Crippen molar-refractivity contribution in [3.8, 4) is 0 Å². The molecular weight excluding hydrogens is 272 g/mol. The Morgan fingerprint density at radius 2 is 1.00 bits per heavy atom. The first-order chi connectivity index (χ1) is 10.4. The van der Waals surface area contributed by atoms with Gasteiger partial charge in [-0.25, -0.2) is 0 Å². The third-order valence-corrected chi connectivity index (χ3v) is 4.91. The molecule has 22 heavy (non-hydrogen) atoms. The highest BCUT2D eigenvalue weighted by atomic mass is 16.3. The number of hydrogen-bond acceptors (Lipinski definition) is 2. The topological polar surface area (TPSA) is 40.5 Å². The Balaban J connectivity index is 2.08. The molecule has 2 N–H and O–H groups in total. The fourth-order valence-electron chi connectivity index (χ4n) is 3.69. The molecule has 0 spiro atoms. The second kappa shape index (κ2) is 4.19. The van der Waals surface area contributed by atoms with Gasteiger partial charge in [-0.2, -0.15) is 0 Å². The fraction of sp³-hybridized carbons (Fsp3) is 0.200. The number of aliphatic hydroxyl groups is 2. The van der Waals surface area contributed by atoms with Crippen molar-refractivity contribution < 1.29 is 10.2 Å². The molecule has 2 unspecified atom stereocenters. The first-order valence-electron chi connectivity index (χ1n) is 7.51. The average molecular weight is 290 g/mol. The SMILES string of the molecule is CC1(O)C2=Cc3ccccc3C(C)(O)C2=Cc2ccccc21. The summed E-state index contributed by atoms with van der Waals surface area (Å²) in [4.78, 5) is 0. The van der Waals surface area contributed by atoms with E-state index >= 15 is 0 Å². The number of rotatable bonds is 0. The second-order valence-corrected chi connectivity index (χ2v) is 6.43. The van der Waals surface area contributed by atoms with Crippen molar-refractivity contribution in [1.82, 2.24) is 0 Å². The quantitative estimate of drug-likeness (QED) is 0.778. The molecule has 0 fully saturated rings. The lowest BCUT2D eigenvalue weighted by Crippen LogP contribution is -2.38. The maximum Gasteiger partial charge on any atom is 0.113 e. The van der Waals surface area contributed by atoms with Gasteiger partial charge in [-0.1, -0.05) is 48.5 Å². The first-order valence-corrected chi connectivity index (χ1v) is 7.51. The van der Waals surface area contributed by atoms with Crippen LogP contribution < -0.4 is 0 Å². The van der Waals surface area contributed by atoms with E-state index in [2.05, 4.69) is 0 Å². The van der Waals surface area contributed by atoms with Gasteiger partial charge in [0, 0.05) is 0 Å². The van der Waals surface area contributed by atoms with Crippen LogP contribution in [0.25, 0.3) is 12.2 Å². The van der Waals surface area contributed by atoms with Crippen molar-refractivity contribution in [2.75, 3.05) is 0 Å². The minimum atomic E-state index is -1.11. The van der Waals surface area contributed by atoms with Gasteiger partial charge in [0.1, 0.15) is 11.2 Å². The summed E-state index contributed by atoms with van der Waals surface area (Å²) in [5.74, 6) is 0. The van der Waals surface area contributed by atoms with Crippen molar-refractivity contribution in [2.24, 2.45) is 0 Å². The zero-order chi connectivity index (χ0) is 15.5. The standard InChI is InChI=1S/C20H18O2/c1-19(21)15-9-5-3-7-13(15)12-18-17(19)11-14-8-4-6-10-16(14)20(18,2)22/h3-12,21-22H,1-2H3. The molecule has 110 valence electrons. The van der Waals surface area contributed by atoms with E-state index < -0.39 is 11.2 Å². The normalized spacial score (nSPS) is 28.9. The highest BCUT2D eigenvalue weighted by Crippen LogP contribution is 2.51. The van der Waals surface area contributed by atoms with Crippen LogP contribution in [-0.4, -0.2) is 10.2 Å². The van der Waals surface area contributed by atoms with Crippen LogP contribution in [0.2, 0.25) is 0 Å². The van der Waals surface area contributed by atoms with Crippen LogP contribution in [0.3, 0.4) is 0 Å². The van der Waals surface area contributed by atoms with E-state index in [4.69, 9.17) is 0 Å². The Morgan fingerprint density at radius 1 is 0.636 bits per heavy atom. The van der Waals surface area contributed by atoms with E-state index in [-0.39, 0.29) is 0 Å². The molecule has 0 saturated heterocycles. The predicted octanol–water partition coefficient (Wildman–Crippen LogP) is 3.60. The molecule has 2 aliphatic rings. The van der Waals surface area contributed by atoms with Gasteiger partial charge in [-0.3, -0.25) is 0 Å². The highest BCUT2D eigenvalue weighted by Gasteiger charge is 2.45. The molecule has 2 atom stereocenters. The largest absolute Gasteiger partial charge is 0.381 e. The van der Waals surface area contributed by atoms with Crippen molar-refractivity contribution in [1.29, 1.82) is 0 Å². The summed E-state index contributed by atoms with van der Waals surface area (Å²) < 4.78 is 0.